The number of carbonyl (C=O) groups is 2. The predicted octanol–water partition coefficient (Wildman–Crippen LogP) is 2.45. The van der Waals surface area contributed by atoms with Gasteiger partial charge in [0, 0.05) is 18.5 Å². The molecular weight excluding hydrogens is 415 g/mol. The number of hydrogen-bond acceptors (Lipinski definition) is 6. The van der Waals surface area contributed by atoms with Crippen molar-refractivity contribution in [2.24, 2.45) is 11.5 Å². The fourth-order valence-electron chi connectivity index (χ4n) is 3.85. The van der Waals surface area contributed by atoms with Gasteiger partial charge in [-0.05, 0) is 36.1 Å². The highest BCUT2D eigenvalue weighted by Gasteiger charge is 2.29. The topological polar surface area (TPSA) is 143 Å². The summed E-state index contributed by atoms with van der Waals surface area (Å²) in [7, 11) is 1.81. The van der Waals surface area contributed by atoms with Gasteiger partial charge in [-0.15, -0.1) is 0 Å². The summed E-state index contributed by atoms with van der Waals surface area (Å²) in [4.78, 5) is 27.5. The molecule has 10 heteroatoms. The number of anilines is 3. The molecule has 0 saturated carbocycles. The van der Waals surface area contributed by atoms with E-state index in [0.717, 1.165) is 24.5 Å². The molecule has 172 valence electrons. The lowest BCUT2D eigenvalue weighted by molar-refractivity contribution is -1.09. The molecule has 9 nitrogen and oxygen atoms in total. The summed E-state index contributed by atoms with van der Waals surface area (Å²) in [6.45, 7) is 3.13. The molecule has 7 N–H and O–H groups in total. The summed E-state index contributed by atoms with van der Waals surface area (Å²) in [6, 6.07) is 7.82. The number of piperidine rings is 1. The second-order valence-corrected chi connectivity index (χ2v) is 8.39. The maximum absolute atomic E-state index is 14.5. The minimum Gasteiger partial charge on any atom is -0.368 e. The molecule has 1 aliphatic heterocycles. The Morgan fingerprint density at radius 1 is 1.22 bits per heavy atom. The number of aromatic nitrogens is 1. The number of pyridine rings is 1. The Balaban J connectivity index is 1.81. The summed E-state index contributed by atoms with van der Waals surface area (Å²) >= 11 is 0. The zero-order valence-corrected chi connectivity index (χ0v) is 18.3. The van der Waals surface area contributed by atoms with Crippen molar-refractivity contribution in [1.82, 2.24) is 4.98 Å². The van der Waals surface area contributed by atoms with Crippen LogP contribution < -0.4 is 22.1 Å². The number of likely N-dealkylation sites (tertiary alicyclic amines) is 1. The Kier molecular flexibility index (Phi) is 6.95. The predicted molar refractivity (Wildman–Crippen MR) is 119 cm³/mol. The molecule has 1 atom stereocenters. The molecule has 1 aromatic heterocycles. The van der Waals surface area contributed by atoms with Gasteiger partial charge < -0.3 is 22.1 Å². The van der Waals surface area contributed by atoms with Crippen molar-refractivity contribution in [2.75, 3.05) is 30.8 Å². The van der Waals surface area contributed by atoms with E-state index in [2.05, 4.69) is 15.6 Å². The number of amides is 2. The Bertz CT molecular complexity index is 986. The van der Waals surface area contributed by atoms with E-state index in [-0.39, 0.29) is 21.8 Å². The lowest BCUT2D eigenvalue weighted by Crippen LogP contribution is -2.46. The van der Waals surface area contributed by atoms with Gasteiger partial charge >= 0.3 is 0 Å². The van der Waals surface area contributed by atoms with E-state index in [1.165, 1.54) is 0 Å². The van der Waals surface area contributed by atoms with Gasteiger partial charge in [-0.2, -0.15) is 4.65 Å². The van der Waals surface area contributed by atoms with Crippen LogP contribution in [0.15, 0.2) is 30.3 Å². The molecule has 1 saturated heterocycles. The maximum atomic E-state index is 14.5. The van der Waals surface area contributed by atoms with Gasteiger partial charge in [0.2, 0.25) is 5.91 Å². The second-order valence-electron chi connectivity index (χ2n) is 8.39. The van der Waals surface area contributed by atoms with Gasteiger partial charge in [0.1, 0.15) is 24.9 Å². The molecule has 0 radical (unpaired) electrons. The average Bonchev–Trinajstić information content (AvgIpc) is 2.74. The Morgan fingerprint density at radius 2 is 1.84 bits per heavy atom. The maximum Gasteiger partial charge on any atom is 0.252 e. The first-order valence-corrected chi connectivity index (χ1v) is 10.6. The van der Waals surface area contributed by atoms with Gasteiger partial charge in [-0.3, -0.25) is 9.59 Å². The first kappa shape index (κ1) is 23.4. The van der Waals surface area contributed by atoms with Crippen molar-refractivity contribution in [3.8, 4) is 0 Å². The molecule has 0 unspecified atom stereocenters. The molecule has 0 aliphatic carbocycles. The highest BCUT2D eigenvalue weighted by Crippen LogP contribution is 2.31. The highest BCUT2D eigenvalue weighted by atomic mass is 19.1. The summed E-state index contributed by atoms with van der Waals surface area (Å²) in [5.41, 5.74) is 12.4. The number of rotatable bonds is 8. The van der Waals surface area contributed by atoms with Crippen LogP contribution in [0.3, 0.4) is 0 Å². The third kappa shape index (κ3) is 5.51. The monoisotopic (exact) mass is 445 g/mol. The van der Waals surface area contributed by atoms with Crippen LogP contribution in [0, 0.1) is 5.82 Å². The summed E-state index contributed by atoms with van der Waals surface area (Å²) in [5, 5.41) is 15.8. The van der Waals surface area contributed by atoms with Gasteiger partial charge in [0.25, 0.3) is 5.91 Å². The normalized spacial score (nSPS) is 21.6. The molecule has 0 bridgehead atoms. The minimum absolute atomic E-state index is 0.0489. The second kappa shape index (κ2) is 9.49. The van der Waals surface area contributed by atoms with E-state index < -0.39 is 23.7 Å². The van der Waals surface area contributed by atoms with Gasteiger partial charge in [0.05, 0.1) is 12.6 Å². The highest BCUT2D eigenvalue weighted by molar-refractivity contribution is 5.98. The Morgan fingerprint density at radius 3 is 2.38 bits per heavy atom. The third-order valence-corrected chi connectivity index (χ3v) is 5.87. The number of nitrogens with two attached hydrogens (primary N) is 2. The molecule has 1 aliphatic rings. The zero-order chi connectivity index (χ0) is 23.5. The lowest BCUT2D eigenvalue weighted by atomic mass is 9.89. The van der Waals surface area contributed by atoms with E-state index in [9.17, 15) is 19.2 Å². The van der Waals surface area contributed by atoms with Crippen LogP contribution in [-0.2, 0) is 4.79 Å². The van der Waals surface area contributed by atoms with E-state index in [4.69, 9.17) is 11.5 Å². The summed E-state index contributed by atoms with van der Waals surface area (Å²) < 4.78 is 14.5. The van der Waals surface area contributed by atoms with Gasteiger partial charge in [0.15, 0.2) is 11.6 Å². The minimum atomic E-state index is -0.837. The third-order valence-electron chi connectivity index (χ3n) is 5.87. The van der Waals surface area contributed by atoms with Crippen molar-refractivity contribution in [3.63, 3.8) is 0 Å². The number of benzene rings is 1. The van der Waals surface area contributed by atoms with Crippen LogP contribution in [-0.4, -0.2) is 52.8 Å². The zero-order valence-electron chi connectivity index (χ0n) is 18.3. The van der Waals surface area contributed by atoms with Gasteiger partial charge in [-0.1, -0.05) is 19.1 Å². The standard InChI is InChI=1S/C22H29FN6O3/c1-3-18(20(25)31)27-22-17(23)12-16(19(24)30)21(28-22)26-15-6-4-13(5-7-15)14-8-10-29(2,32)11-9-14/h4-7,12,14,18,32H,3,8-11H2,1-2H3,(H5-,24,25,26,27,28,30,31)/p+1/t14?,18-,29?/m1/s1. The van der Waals surface area contributed by atoms with Crippen molar-refractivity contribution in [3.05, 3.63) is 47.3 Å². The quantitative estimate of drug-likeness (QED) is 0.395. The van der Waals surface area contributed by atoms with E-state index >= 15 is 0 Å². The Hall–Kier alpha value is -3.24. The number of quaternary nitrogens is 1. The van der Waals surface area contributed by atoms with Crippen LogP contribution in [0.5, 0.6) is 0 Å². The molecule has 0 spiro atoms. The van der Waals surface area contributed by atoms with Crippen LogP contribution in [0.25, 0.3) is 0 Å². The fourth-order valence-corrected chi connectivity index (χ4v) is 3.85. The van der Waals surface area contributed by atoms with Crippen LogP contribution in [0.2, 0.25) is 0 Å². The van der Waals surface area contributed by atoms with Crippen LogP contribution in [0.4, 0.5) is 21.7 Å². The number of halogens is 1. The molecule has 3 rings (SSSR count). The molecule has 32 heavy (non-hydrogen) atoms. The number of primary amides is 2. The van der Waals surface area contributed by atoms with Crippen molar-refractivity contribution in [1.29, 1.82) is 0 Å². The first-order chi connectivity index (χ1) is 15.1. The van der Waals surface area contributed by atoms with Crippen molar-refractivity contribution < 1.29 is 23.8 Å². The smallest absolute Gasteiger partial charge is 0.252 e. The molecule has 1 aromatic carbocycles. The molecule has 2 amide bonds. The van der Waals surface area contributed by atoms with Crippen molar-refractivity contribution >= 4 is 29.1 Å². The molecular formula is C22H30FN6O3+. The average molecular weight is 446 g/mol. The number of nitrogens with zero attached hydrogens (tertiary/aromatic N) is 2. The largest absolute Gasteiger partial charge is 0.368 e. The Labute approximate surface area is 186 Å². The summed E-state index contributed by atoms with van der Waals surface area (Å²) in [6.07, 6.45) is 2.12. The van der Waals surface area contributed by atoms with E-state index in [1.807, 2.05) is 31.3 Å². The van der Waals surface area contributed by atoms with Crippen LogP contribution >= 0.6 is 0 Å². The number of carbonyl (C=O) groups excluding carboxylic acids is 2. The van der Waals surface area contributed by atoms with Crippen molar-refractivity contribution in [2.45, 2.75) is 38.1 Å². The first-order valence-electron chi connectivity index (χ1n) is 10.6. The lowest BCUT2D eigenvalue weighted by Gasteiger charge is -2.33. The number of nitrogens with one attached hydrogen (secondary N) is 2. The molecule has 2 heterocycles. The molecule has 1 fully saturated rings. The SMILES string of the molecule is CC[C@@H](Nc1nc(Nc2ccc(C3CC[N+](C)(O)CC3)cc2)c(C(N)=O)cc1F)C(N)=O. The van der Waals surface area contributed by atoms with Crippen LogP contribution in [0.1, 0.15) is 48.0 Å². The summed E-state index contributed by atoms with van der Waals surface area (Å²) in [5.74, 6) is -2.06. The number of hydroxylamine groups is 3. The molecule has 2 aromatic rings. The van der Waals surface area contributed by atoms with E-state index in [0.29, 0.717) is 31.1 Å². The van der Waals surface area contributed by atoms with E-state index in [1.54, 1.807) is 6.92 Å². The fraction of sp³-hybridized carbons (Fsp3) is 0.409. The number of hydrogen-bond donors (Lipinski definition) is 5. The van der Waals surface area contributed by atoms with Gasteiger partial charge in [-0.25, -0.2) is 14.6 Å².